The van der Waals surface area contributed by atoms with Crippen molar-refractivity contribution in [3.05, 3.63) is 0 Å². The molecule has 13 heavy (non-hydrogen) atoms. The van der Waals surface area contributed by atoms with Gasteiger partial charge in [0, 0.05) is 19.0 Å². The van der Waals surface area contributed by atoms with E-state index in [2.05, 4.69) is 0 Å². The van der Waals surface area contributed by atoms with Crippen LogP contribution in [-0.4, -0.2) is 48.2 Å². The maximum Gasteiger partial charge on any atom is 0.215 e. The molecule has 1 rings (SSSR count). The summed E-state index contributed by atoms with van der Waals surface area (Å²) >= 11 is 5.37. The summed E-state index contributed by atoms with van der Waals surface area (Å²) < 4.78 is 24.2. The zero-order valence-corrected chi connectivity index (χ0v) is 9.11. The zero-order valence-electron chi connectivity index (χ0n) is 7.53. The molecule has 0 aromatic heterocycles. The fraction of sp³-hybridized carbons (Fsp3) is 1.00. The first kappa shape index (κ1) is 11.2. The summed E-state index contributed by atoms with van der Waals surface area (Å²) in [6, 6.07) is 0. The molecule has 78 valence electrons. The van der Waals surface area contributed by atoms with Gasteiger partial charge in [0.1, 0.15) is 0 Å². The van der Waals surface area contributed by atoms with Crippen LogP contribution >= 0.6 is 11.6 Å². The van der Waals surface area contributed by atoms with E-state index < -0.39 is 15.6 Å². The van der Waals surface area contributed by atoms with Crippen molar-refractivity contribution in [2.45, 2.75) is 18.9 Å². The molecule has 0 amide bonds. The lowest BCUT2D eigenvalue weighted by atomic mass is 10.1. The van der Waals surface area contributed by atoms with Crippen LogP contribution in [0.1, 0.15) is 13.3 Å². The van der Waals surface area contributed by atoms with E-state index in [1.165, 1.54) is 4.31 Å². The van der Waals surface area contributed by atoms with Gasteiger partial charge in [-0.1, -0.05) is 0 Å². The maximum absolute atomic E-state index is 11.5. The van der Waals surface area contributed by atoms with Gasteiger partial charge >= 0.3 is 0 Å². The lowest BCUT2D eigenvalue weighted by Crippen LogP contribution is -2.35. The standard InChI is InChI=1S/C7H14ClNO3S/c1-7(10)2-4-9(6-7)13(11,12)5-3-8/h10H,2-6H2,1H3. The molecule has 0 aromatic carbocycles. The number of alkyl halides is 1. The number of nitrogens with zero attached hydrogens (tertiary/aromatic N) is 1. The van der Waals surface area contributed by atoms with Gasteiger partial charge in [0.25, 0.3) is 0 Å². The Morgan fingerprint density at radius 1 is 1.62 bits per heavy atom. The second-order valence-corrected chi connectivity index (χ2v) is 6.05. The predicted molar refractivity (Wildman–Crippen MR) is 51.3 cm³/mol. The Balaban J connectivity index is 2.66. The summed E-state index contributed by atoms with van der Waals surface area (Å²) in [5.41, 5.74) is -0.876. The van der Waals surface area contributed by atoms with Crippen LogP contribution in [0.25, 0.3) is 0 Å². The smallest absolute Gasteiger partial charge is 0.215 e. The molecule has 0 bridgehead atoms. The van der Waals surface area contributed by atoms with Crippen molar-refractivity contribution in [2.24, 2.45) is 0 Å². The fourth-order valence-corrected chi connectivity index (χ4v) is 3.25. The Kier molecular flexibility index (Phi) is 3.22. The summed E-state index contributed by atoms with van der Waals surface area (Å²) in [5.74, 6) is 0.0472. The Bertz CT molecular complexity index is 275. The topological polar surface area (TPSA) is 57.6 Å². The van der Waals surface area contributed by atoms with Crippen LogP contribution in [0.4, 0.5) is 0 Å². The molecule has 1 heterocycles. The number of aliphatic hydroxyl groups is 1. The minimum absolute atomic E-state index is 0.0510. The monoisotopic (exact) mass is 227 g/mol. The van der Waals surface area contributed by atoms with Crippen LogP contribution < -0.4 is 0 Å². The van der Waals surface area contributed by atoms with Gasteiger partial charge in [-0.3, -0.25) is 0 Å². The van der Waals surface area contributed by atoms with Crippen molar-refractivity contribution < 1.29 is 13.5 Å². The van der Waals surface area contributed by atoms with Crippen molar-refractivity contribution in [3.63, 3.8) is 0 Å². The molecule has 6 heteroatoms. The second-order valence-electron chi connectivity index (χ2n) is 3.59. The molecule has 1 atom stereocenters. The highest BCUT2D eigenvalue weighted by molar-refractivity contribution is 7.89. The van der Waals surface area contributed by atoms with Gasteiger partial charge in [-0.15, -0.1) is 11.6 Å². The van der Waals surface area contributed by atoms with E-state index in [-0.39, 0.29) is 18.2 Å². The average molecular weight is 228 g/mol. The van der Waals surface area contributed by atoms with Crippen LogP contribution in [0.5, 0.6) is 0 Å². The largest absolute Gasteiger partial charge is 0.389 e. The quantitative estimate of drug-likeness (QED) is 0.692. The third-order valence-electron chi connectivity index (χ3n) is 2.15. The van der Waals surface area contributed by atoms with Gasteiger partial charge in [-0.05, 0) is 13.3 Å². The number of hydrogen-bond acceptors (Lipinski definition) is 3. The van der Waals surface area contributed by atoms with Crippen molar-refractivity contribution in [1.82, 2.24) is 4.31 Å². The first-order valence-corrected chi connectivity index (χ1v) is 6.28. The minimum atomic E-state index is -3.24. The summed E-state index contributed by atoms with van der Waals surface area (Å²) in [6.45, 7) is 2.22. The Morgan fingerprint density at radius 2 is 2.23 bits per heavy atom. The number of β-amino-alcohol motifs (C(OH)–C–C–N with tert-alkyl or cyclic N) is 1. The van der Waals surface area contributed by atoms with Crippen LogP contribution in [0, 0.1) is 0 Å². The van der Waals surface area contributed by atoms with E-state index in [0.717, 1.165) is 0 Å². The molecular weight excluding hydrogens is 214 g/mol. The lowest BCUT2D eigenvalue weighted by Gasteiger charge is -2.18. The molecule has 0 aromatic rings. The van der Waals surface area contributed by atoms with Gasteiger partial charge in [0.05, 0.1) is 11.4 Å². The van der Waals surface area contributed by atoms with Crippen LogP contribution in [0.2, 0.25) is 0 Å². The van der Waals surface area contributed by atoms with Crippen LogP contribution in [0.3, 0.4) is 0 Å². The number of sulfonamides is 1. The molecule has 1 aliphatic rings. The van der Waals surface area contributed by atoms with Crippen LogP contribution in [-0.2, 0) is 10.0 Å². The maximum atomic E-state index is 11.5. The SMILES string of the molecule is CC1(O)CCN(S(=O)(=O)CCCl)C1. The van der Waals surface area contributed by atoms with Gasteiger partial charge < -0.3 is 5.11 Å². The Hall–Kier alpha value is 0.160. The molecule has 1 fully saturated rings. The van der Waals surface area contributed by atoms with Crippen molar-refractivity contribution in [3.8, 4) is 0 Å². The highest BCUT2D eigenvalue weighted by Gasteiger charge is 2.37. The summed E-state index contributed by atoms with van der Waals surface area (Å²) in [7, 11) is -3.24. The molecule has 1 saturated heterocycles. The molecule has 1 unspecified atom stereocenters. The number of halogens is 1. The fourth-order valence-electron chi connectivity index (χ4n) is 1.37. The molecule has 4 nitrogen and oxygen atoms in total. The predicted octanol–water partition coefficient (Wildman–Crippen LogP) is 0.0117. The average Bonchev–Trinajstić information content (AvgIpc) is 2.30. The molecule has 0 aliphatic carbocycles. The molecule has 1 N–H and O–H groups in total. The molecule has 0 spiro atoms. The normalized spacial score (nSPS) is 31.0. The highest BCUT2D eigenvalue weighted by Crippen LogP contribution is 2.22. The van der Waals surface area contributed by atoms with Crippen LogP contribution in [0.15, 0.2) is 0 Å². The molecule has 0 saturated carbocycles. The van der Waals surface area contributed by atoms with Crippen molar-refractivity contribution in [2.75, 3.05) is 24.7 Å². The first-order chi connectivity index (χ1) is 5.87. The second kappa shape index (κ2) is 3.73. The van der Waals surface area contributed by atoms with E-state index >= 15 is 0 Å². The highest BCUT2D eigenvalue weighted by atomic mass is 35.5. The molecule has 0 radical (unpaired) electrons. The van der Waals surface area contributed by atoms with Crippen molar-refractivity contribution >= 4 is 21.6 Å². The Morgan fingerprint density at radius 3 is 2.62 bits per heavy atom. The van der Waals surface area contributed by atoms with E-state index in [1.807, 2.05) is 0 Å². The van der Waals surface area contributed by atoms with Crippen molar-refractivity contribution in [1.29, 1.82) is 0 Å². The third kappa shape index (κ3) is 2.80. The van der Waals surface area contributed by atoms with E-state index in [4.69, 9.17) is 11.6 Å². The third-order valence-corrected chi connectivity index (χ3v) is 4.38. The van der Waals surface area contributed by atoms with E-state index in [0.29, 0.717) is 13.0 Å². The summed E-state index contributed by atoms with van der Waals surface area (Å²) in [4.78, 5) is 0. The summed E-state index contributed by atoms with van der Waals surface area (Å²) in [5, 5.41) is 9.56. The number of hydrogen-bond donors (Lipinski definition) is 1. The first-order valence-electron chi connectivity index (χ1n) is 4.14. The minimum Gasteiger partial charge on any atom is -0.389 e. The van der Waals surface area contributed by atoms with Gasteiger partial charge in [-0.25, -0.2) is 8.42 Å². The van der Waals surface area contributed by atoms with Gasteiger partial charge in [0.2, 0.25) is 10.0 Å². The number of rotatable bonds is 3. The van der Waals surface area contributed by atoms with Gasteiger partial charge in [-0.2, -0.15) is 4.31 Å². The lowest BCUT2D eigenvalue weighted by molar-refractivity contribution is 0.0762. The zero-order chi connectivity index (χ0) is 10.1. The summed E-state index contributed by atoms with van der Waals surface area (Å²) in [6.07, 6.45) is 0.495. The molecular formula is C7H14ClNO3S. The van der Waals surface area contributed by atoms with E-state index in [9.17, 15) is 13.5 Å². The Labute approximate surface area is 83.5 Å². The molecule has 1 aliphatic heterocycles. The van der Waals surface area contributed by atoms with E-state index in [1.54, 1.807) is 6.92 Å². The van der Waals surface area contributed by atoms with Gasteiger partial charge in [0.15, 0.2) is 0 Å².